The van der Waals surface area contributed by atoms with Crippen molar-refractivity contribution in [2.75, 3.05) is 25.4 Å². The lowest BCUT2D eigenvalue weighted by Gasteiger charge is -2.37. The molecule has 1 aliphatic rings. The Bertz CT molecular complexity index is 453. The van der Waals surface area contributed by atoms with Gasteiger partial charge in [-0.15, -0.1) is 0 Å². The second-order valence-corrected chi connectivity index (χ2v) is 7.29. The summed E-state index contributed by atoms with van der Waals surface area (Å²) in [6.07, 6.45) is 1.15. The summed E-state index contributed by atoms with van der Waals surface area (Å²) in [5, 5.41) is 0. The highest BCUT2D eigenvalue weighted by atomic mass is 32.2. The van der Waals surface area contributed by atoms with E-state index < -0.39 is 21.7 Å². The number of hydrogen-bond acceptors (Lipinski definition) is 5. The molecule has 19 heavy (non-hydrogen) atoms. The zero-order valence-electron chi connectivity index (χ0n) is 11.2. The van der Waals surface area contributed by atoms with E-state index in [1.165, 1.54) is 4.31 Å². The van der Waals surface area contributed by atoms with Crippen LogP contribution in [0.25, 0.3) is 0 Å². The van der Waals surface area contributed by atoms with Gasteiger partial charge in [-0.1, -0.05) is 19.1 Å². The van der Waals surface area contributed by atoms with Crippen molar-refractivity contribution in [3.05, 3.63) is 0 Å². The van der Waals surface area contributed by atoms with Crippen LogP contribution in [0.1, 0.15) is 26.7 Å². The van der Waals surface area contributed by atoms with Crippen LogP contribution in [-0.2, 0) is 19.6 Å². The lowest BCUT2D eigenvalue weighted by atomic mass is 9.81. The third-order valence-electron chi connectivity index (χ3n) is 3.42. The highest BCUT2D eigenvalue weighted by molar-refractivity contribution is 7.89. The van der Waals surface area contributed by atoms with Crippen molar-refractivity contribution in [1.29, 1.82) is 0 Å². The maximum Gasteiger partial charge on any atom is 0.322 e. The largest absolute Gasteiger partial charge is 0.465 e. The van der Waals surface area contributed by atoms with E-state index >= 15 is 0 Å². The van der Waals surface area contributed by atoms with Gasteiger partial charge in [0, 0.05) is 18.5 Å². The van der Waals surface area contributed by atoms with Gasteiger partial charge in [0.2, 0.25) is 10.0 Å². The molecule has 1 rings (SSSR count). The van der Waals surface area contributed by atoms with E-state index in [1.807, 2.05) is 6.92 Å². The number of sulfonamides is 1. The number of carbonyl (C=O) groups is 1. The molecule has 0 aromatic carbocycles. The van der Waals surface area contributed by atoms with Crippen molar-refractivity contribution in [2.24, 2.45) is 11.1 Å². The molecule has 0 aromatic heterocycles. The zero-order chi connectivity index (χ0) is 14.7. The average molecular weight is 308 g/mol. The van der Waals surface area contributed by atoms with Crippen LogP contribution in [0.2, 0.25) is 0 Å². The zero-order valence-corrected chi connectivity index (χ0v) is 12.8. The molecule has 6 nitrogen and oxygen atoms in total. The second-order valence-electron chi connectivity index (χ2n) is 4.89. The topological polar surface area (TPSA) is 89.7 Å². The quantitative estimate of drug-likeness (QED) is 0.579. The molecule has 0 aliphatic carbocycles. The minimum Gasteiger partial charge on any atom is -0.465 e. The summed E-state index contributed by atoms with van der Waals surface area (Å²) < 4.78 is 30.0. The molecule has 0 amide bonds. The van der Waals surface area contributed by atoms with E-state index in [0.717, 1.165) is 0 Å². The van der Waals surface area contributed by atoms with Gasteiger partial charge in [-0.2, -0.15) is 0 Å². The van der Waals surface area contributed by atoms with Crippen LogP contribution >= 0.6 is 12.2 Å². The lowest BCUT2D eigenvalue weighted by molar-refractivity contribution is -0.140. The fourth-order valence-corrected chi connectivity index (χ4v) is 3.45. The molecule has 0 aromatic rings. The first kappa shape index (κ1) is 16.3. The summed E-state index contributed by atoms with van der Waals surface area (Å²) in [5.74, 6) is -1.32. The number of ether oxygens (including phenoxy) is 1. The van der Waals surface area contributed by atoms with Gasteiger partial charge in [-0.3, -0.25) is 4.79 Å². The average Bonchev–Trinajstić information content (AvgIpc) is 2.28. The third-order valence-corrected chi connectivity index (χ3v) is 5.67. The molecular weight excluding hydrogens is 288 g/mol. The highest BCUT2D eigenvalue weighted by Gasteiger charge is 2.37. The summed E-state index contributed by atoms with van der Waals surface area (Å²) in [6, 6.07) is 0. The number of thiocarbonyl (C=S) groups is 1. The Morgan fingerprint density at radius 3 is 2.37 bits per heavy atom. The Hall–Kier alpha value is -0.730. The monoisotopic (exact) mass is 308 g/mol. The maximum absolute atomic E-state index is 12.0. The van der Waals surface area contributed by atoms with E-state index in [2.05, 4.69) is 4.74 Å². The van der Waals surface area contributed by atoms with E-state index in [4.69, 9.17) is 18.0 Å². The Morgan fingerprint density at radius 2 is 1.95 bits per heavy atom. The predicted octanol–water partition coefficient (Wildman–Crippen LogP) is 0.268. The Kier molecular flexibility index (Phi) is 5.28. The van der Waals surface area contributed by atoms with Crippen LogP contribution in [0.3, 0.4) is 0 Å². The van der Waals surface area contributed by atoms with Crippen molar-refractivity contribution >= 4 is 33.2 Å². The van der Waals surface area contributed by atoms with Crippen molar-refractivity contribution < 1.29 is 17.9 Å². The van der Waals surface area contributed by atoms with Crippen LogP contribution in [0.5, 0.6) is 0 Å². The van der Waals surface area contributed by atoms with Crippen LogP contribution in [0.4, 0.5) is 0 Å². The Balaban J connectivity index is 2.64. The third kappa shape index (κ3) is 4.12. The number of nitrogens with zero attached hydrogens (tertiary/aromatic N) is 1. The molecule has 0 atom stereocenters. The number of esters is 1. The minimum absolute atomic E-state index is 0.174. The van der Waals surface area contributed by atoms with Gasteiger partial charge in [0.15, 0.2) is 5.75 Å². The number of rotatable bonds is 5. The fourth-order valence-electron chi connectivity index (χ4n) is 1.95. The summed E-state index contributed by atoms with van der Waals surface area (Å²) in [5.41, 5.74) is 5.37. The van der Waals surface area contributed by atoms with E-state index in [0.29, 0.717) is 30.9 Å². The highest BCUT2D eigenvalue weighted by Crippen LogP contribution is 2.32. The van der Waals surface area contributed by atoms with Gasteiger partial charge in [0.25, 0.3) is 0 Å². The first-order chi connectivity index (χ1) is 8.71. The summed E-state index contributed by atoms with van der Waals surface area (Å²) >= 11 is 5.00. The molecule has 110 valence electrons. The first-order valence-electron chi connectivity index (χ1n) is 6.14. The van der Waals surface area contributed by atoms with Gasteiger partial charge in [-0.05, 0) is 19.8 Å². The molecule has 0 radical (unpaired) electrons. The molecule has 8 heteroatoms. The number of hydrogen-bond donors (Lipinski definition) is 1. The molecular formula is C11H20N2O4S2. The molecule has 0 saturated carbocycles. The molecule has 1 aliphatic heterocycles. The smallest absolute Gasteiger partial charge is 0.322 e. The SMILES string of the molecule is CCOC(=O)CS(=O)(=O)N1CCC(C)(C(N)=S)CC1. The Morgan fingerprint density at radius 1 is 1.42 bits per heavy atom. The van der Waals surface area contributed by atoms with Gasteiger partial charge in [0.1, 0.15) is 0 Å². The molecule has 0 spiro atoms. The van der Waals surface area contributed by atoms with Crippen molar-refractivity contribution in [3.8, 4) is 0 Å². The number of piperidine rings is 1. The van der Waals surface area contributed by atoms with Crippen LogP contribution < -0.4 is 5.73 Å². The summed E-state index contributed by atoms with van der Waals surface area (Å²) in [7, 11) is -3.61. The van der Waals surface area contributed by atoms with Crippen LogP contribution in [0.15, 0.2) is 0 Å². The number of nitrogens with two attached hydrogens (primary N) is 1. The first-order valence-corrected chi connectivity index (χ1v) is 8.16. The van der Waals surface area contributed by atoms with Crippen molar-refractivity contribution in [2.45, 2.75) is 26.7 Å². The van der Waals surface area contributed by atoms with Gasteiger partial charge < -0.3 is 10.5 Å². The molecule has 1 fully saturated rings. The molecule has 2 N–H and O–H groups in total. The van der Waals surface area contributed by atoms with Crippen molar-refractivity contribution in [3.63, 3.8) is 0 Å². The van der Waals surface area contributed by atoms with Gasteiger partial charge >= 0.3 is 5.97 Å². The number of carbonyl (C=O) groups excluding carboxylic acids is 1. The summed E-state index contributed by atoms with van der Waals surface area (Å²) in [6.45, 7) is 4.41. The van der Waals surface area contributed by atoms with Gasteiger partial charge in [0.05, 0.1) is 11.6 Å². The fraction of sp³-hybridized carbons (Fsp3) is 0.818. The lowest BCUT2D eigenvalue weighted by Crippen LogP contribution is -2.47. The predicted molar refractivity (Wildman–Crippen MR) is 76.1 cm³/mol. The van der Waals surface area contributed by atoms with E-state index in [1.54, 1.807) is 6.92 Å². The Labute approximate surface area is 119 Å². The van der Waals surface area contributed by atoms with Crippen LogP contribution in [-0.4, -0.2) is 49.1 Å². The molecule has 0 bridgehead atoms. The van der Waals surface area contributed by atoms with Crippen molar-refractivity contribution in [1.82, 2.24) is 4.31 Å². The van der Waals surface area contributed by atoms with Crippen LogP contribution in [0, 0.1) is 5.41 Å². The normalized spacial score (nSPS) is 19.9. The van der Waals surface area contributed by atoms with E-state index in [9.17, 15) is 13.2 Å². The summed E-state index contributed by atoms with van der Waals surface area (Å²) in [4.78, 5) is 11.7. The van der Waals surface area contributed by atoms with Gasteiger partial charge in [-0.25, -0.2) is 12.7 Å². The standard InChI is InChI=1S/C11H20N2O4S2/c1-3-17-9(14)8-19(15,16)13-6-4-11(2,5-7-13)10(12)18/h3-8H2,1-2H3,(H2,12,18). The minimum atomic E-state index is -3.61. The van der Waals surface area contributed by atoms with E-state index in [-0.39, 0.29) is 12.0 Å². The molecule has 1 heterocycles. The maximum atomic E-state index is 12.0. The second kappa shape index (κ2) is 6.15. The molecule has 1 saturated heterocycles. The molecule has 0 unspecified atom stereocenters.